The van der Waals surface area contributed by atoms with E-state index in [1.165, 1.54) is 57.8 Å². The van der Waals surface area contributed by atoms with Gasteiger partial charge in [0.05, 0.1) is 0 Å². The highest BCUT2D eigenvalue weighted by Gasteiger charge is 2.07. The molecule has 0 saturated heterocycles. The number of amides is 2. The molecule has 0 aliphatic carbocycles. The van der Waals surface area contributed by atoms with E-state index in [9.17, 15) is 9.59 Å². The van der Waals surface area contributed by atoms with Crippen LogP contribution in [0.15, 0.2) is 18.2 Å². The molecule has 164 valence electrons. The minimum absolute atomic E-state index is 0.122. The summed E-state index contributed by atoms with van der Waals surface area (Å²) in [4.78, 5) is 23.6. The molecule has 0 saturated carbocycles. The molecule has 0 atom stereocenters. The van der Waals surface area contributed by atoms with Gasteiger partial charge in [-0.3, -0.25) is 20.4 Å². The Labute approximate surface area is 177 Å². The predicted molar refractivity (Wildman–Crippen MR) is 119 cm³/mol. The summed E-state index contributed by atoms with van der Waals surface area (Å²) in [6.07, 6.45) is 14.2. The van der Waals surface area contributed by atoms with Crippen LogP contribution in [-0.2, 0) is 9.59 Å². The molecule has 0 aromatic heterocycles. The van der Waals surface area contributed by atoms with Gasteiger partial charge in [-0.1, -0.05) is 83.3 Å². The van der Waals surface area contributed by atoms with Gasteiger partial charge < -0.3 is 4.74 Å². The van der Waals surface area contributed by atoms with E-state index in [1.807, 2.05) is 32.0 Å². The molecule has 2 N–H and O–H groups in total. The molecule has 1 aromatic carbocycles. The van der Waals surface area contributed by atoms with Crippen LogP contribution in [0.2, 0.25) is 0 Å². The SMILES string of the molecule is CCCCCCCCCCCCCC(=O)NNC(=O)COc1cccc(C)c1C. The summed E-state index contributed by atoms with van der Waals surface area (Å²) in [5, 5.41) is 0. The van der Waals surface area contributed by atoms with E-state index in [-0.39, 0.29) is 18.4 Å². The maximum absolute atomic E-state index is 11.8. The Morgan fingerprint density at radius 2 is 1.34 bits per heavy atom. The van der Waals surface area contributed by atoms with Gasteiger partial charge in [0.1, 0.15) is 5.75 Å². The molecule has 0 heterocycles. The van der Waals surface area contributed by atoms with Crippen molar-refractivity contribution in [1.82, 2.24) is 10.9 Å². The van der Waals surface area contributed by atoms with Gasteiger partial charge in [-0.05, 0) is 37.5 Å². The Kier molecular flexibility index (Phi) is 13.6. The van der Waals surface area contributed by atoms with Crippen LogP contribution in [0.5, 0.6) is 5.75 Å². The number of rotatable bonds is 15. The monoisotopic (exact) mass is 404 g/mol. The van der Waals surface area contributed by atoms with Crippen molar-refractivity contribution >= 4 is 11.8 Å². The van der Waals surface area contributed by atoms with Crippen LogP contribution in [0.1, 0.15) is 95.1 Å². The van der Waals surface area contributed by atoms with Gasteiger partial charge in [0, 0.05) is 6.42 Å². The number of benzene rings is 1. The van der Waals surface area contributed by atoms with Crippen molar-refractivity contribution < 1.29 is 14.3 Å². The Morgan fingerprint density at radius 3 is 1.97 bits per heavy atom. The van der Waals surface area contributed by atoms with Crippen molar-refractivity contribution in [2.45, 2.75) is 97.8 Å². The zero-order valence-electron chi connectivity index (χ0n) is 18.6. The van der Waals surface area contributed by atoms with Gasteiger partial charge in [0.2, 0.25) is 5.91 Å². The van der Waals surface area contributed by atoms with Crippen molar-refractivity contribution in [3.63, 3.8) is 0 Å². The van der Waals surface area contributed by atoms with Gasteiger partial charge in [0.25, 0.3) is 5.91 Å². The topological polar surface area (TPSA) is 67.4 Å². The first-order chi connectivity index (χ1) is 14.0. The number of aryl methyl sites for hydroxylation is 1. The lowest BCUT2D eigenvalue weighted by Crippen LogP contribution is -2.43. The summed E-state index contributed by atoms with van der Waals surface area (Å²) in [5.74, 6) is 0.173. The molecule has 0 fully saturated rings. The highest BCUT2D eigenvalue weighted by atomic mass is 16.5. The lowest BCUT2D eigenvalue weighted by molar-refractivity contribution is -0.130. The minimum atomic E-state index is -0.363. The van der Waals surface area contributed by atoms with Crippen LogP contribution >= 0.6 is 0 Å². The summed E-state index contributed by atoms with van der Waals surface area (Å²) in [7, 11) is 0. The standard InChI is InChI=1S/C24H40N2O3/c1-4-5-6-7-8-9-10-11-12-13-14-18-23(27)25-26-24(28)19-29-22-17-15-16-20(2)21(22)3/h15-17H,4-14,18-19H2,1-3H3,(H,25,27)(H,26,28). The van der Waals surface area contributed by atoms with E-state index in [2.05, 4.69) is 17.8 Å². The van der Waals surface area contributed by atoms with Crippen LogP contribution in [0.3, 0.4) is 0 Å². The first-order valence-electron chi connectivity index (χ1n) is 11.3. The number of carbonyl (C=O) groups is 2. The molecule has 29 heavy (non-hydrogen) atoms. The van der Waals surface area contributed by atoms with Crippen LogP contribution in [0.25, 0.3) is 0 Å². The van der Waals surface area contributed by atoms with E-state index in [0.717, 1.165) is 24.0 Å². The van der Waals surface area contributed by atoms with Crippen molar-refractivity contribution in [3.8, 4) is 5.75 Å². The highest BCUT2D eigenvalue weighted by molar-refractivity contribution is 5.82. The second-order valence-corrected chi connectivity index (χ2v) is 7.87. The van der Waals surface area contributed by atoms with Crippen molar-refractivity contribution in [3.05, 3.63) is 29.3 Å². The molecule has 2 amide bonds. The summed E-state index contributed by atoms with van der Waals surface area (Å²) >= 11 is 0. The Hall–Kier alpha value is -2.04. The number of ether oxygens (including phenoxy) is 1. The van der Waals surface area contributed by atoms with Crippen LogP contribution in [-0.4, -0.2) is 18.4 Å². The third-order valence-electron chi connectivity index (χ3n) is 5.26. The number of nitrogens with one attached hydrogen (secondary N) is 2. The minimum Gasteiger partial charge on any atom is -0.483 e. The molecule has 1 aromatic rings. The van der Waals surface area contributed by atoms with Gasteiger partial charge in [-0.15, -0.1) is 0 Å². The summed E-state index contributed by atoms with van der Waals surface area (Å²) in [6.45, 7) is 6.08. The number of hydrazine groups is 1. The van der Waals surface area contributed by atoms with Crippen molar-refractivity contribution in [2.24, 2.45) is 0 Å². The lowest BCUT2D eigenvalue weighted by atomic mass is 10.1. The molecule has 5 nitrogen and oxygen atoms in total. The molecule has 0 spiro atoms. The van der Waals surface area contributed by atoms with Crippen molar-refractivity contribution in [1.29, 1.82) is 0 Å². The van der Waals surface area contributed by atoms with Gasteiger partial charge >= 0.3 is 0 Å². The van der Waals surface area contributed by atoms with Gasteiger partial charge in [-0.2, -0.15) is 0 Å². The normalized spacial score (nSPS) is 10.6. The molecule has 5 heteroatoms. The molecule has 1 rings (SSSR count). The molecule has 0 radical (unpaired) electrons. The quantitative estimate of drug-likeness (QED) is 0.298. The Balaban J connectivity index is 1.98. The van der Waals surface area contributed by atoms with Crippen LogP contribution in [0, 0.1) is 13.8 Å². The molecule has 0 aliphatic rings. The van der Waals surface area contributed by atoms with E-state index in [0.29, 0.717) is 12.2 Å². The zero-order valence-corrected chi connectivity index (χ0v) is 18.6. The first kappa shape index (κ1) is 25.0. The Morgan fingerprint density at radius 1 is 0.793 bits per heavy atom. The third-order valence-corrected chi connectivity index (χ3v) is 5.26. The fraction of sp³-hybridized carbons (Fsp3) is 0.667. The molecule has 0 aliphatic heterocycles. The third kappa shape index (κ3) is 12.2. The number of unbranched alkanes of at least 4 members (excludes halogenated alkanes) is 10. The maximum atomic E-state index is 11.8. The summed E-state index contributed by atoms with van der Waals surface area (Å²) in [6, 6.07) is 5.72. The highest BCUT2D eigenvalue weighted by Crippen LogP contribution is 2.20. The van der Waals surface area contributed by atoms with E-state index in [1.54, 1.807) is 0 Å². The predicted octanol–water partition coefficient (Wildman–Crippen LogP) is 5.53. The number of hydrogen-bond acceptors (Lipinski definition) is 3. The largest absolute Gasteiger partial charge is 0.483 e. The maximum Gasteiger partial charge on any atom is 0.276 e. The molecule has 0 bridgehead atoms. The van der Waals surface area contributed by atoms with E-state index < -0.39 is 0 Å². The van der Waals surface area contributed by atoms with Crippen LogP contribution in [0.4, 0.5) is 0 Å². The second kappa shape index (κ2) is 15.8. The summed E-state index contributed by atoms with van der Waals surface area (Å²) in [5.41, 5.74) is 7.00. The van der Waals surface area contributed by atoms with E-state index in [4.69, 9.17) is 4.74 Å². The fourth-order valence-corrected chi connectivity index (χ4v) is 3.21. The molecular formula is C24H40N2O3. The molecule has 0 unspecified atom stereocenters. The van der Waals surface area contributed by atoms with Crippen LogP contribution < -0.4 is 15.6 Å². The summed E-state index contributed by atoms with van der Waals surface area (Å²) < 4.78 is 5.52. The smallest absolute Gasteiger partial charge is 0.276 e. The fourth-order valence-electron chi connectivity index (χ4n) is 3.21. The van der Waals surface area contributed by atoms with Gasteiger partial charge in [0.15, 0.2) is 6.61 Å². The number of hydrogen-bond donors (Lipinski definition) is 2. The van der Waals surface area contributed by atoms with E-state index >= 15 is 0 Å². The average Bonchev–Trinajstić information content (AvgIpc) is 2.71. The molecular weight excluding hydrogens is 364 g/mol. The average molecular weight is 405 g/mol. The van der Waals surface area contributed by atoms with Gasteiger partial charge in [-0.25, -0.2) is 0 Å². The second-order valence-electron chi connectivity index (χ2n) is 7.87. The Bertz CT molecular complexity index is 602. The first-order valence-corrected chi connectivity index (χ1v) is 11.3. The van der Waals surface area contributed by atoms with Crippen molar-refractivity contribution in [2.75, 3.05) is 6.61 Å². The number of carbonyl (C=O) groups excluding carboxylic acids is 2. The zero-order chi connectivity index (χ0) is 21.3. The lowest BCUT2D eigenvalue weighted by Gasteiger charge is -2.11.